The Morgan fingerprint density at radius 2 is 1.89 bits per heavy atom. The fraction of sp³-hybridized carbons (Fsp3) is 0.261. The molecule has 1 amide bonds. The molecule has 0 bridgehead atoms. The van der Waals surface area contributed by atoms with Gasteiger partial charge in [0.25, 0.3) is 0 Å². The van der Waals surface area contributed by atoms with Gasteiger partial charge in [0.2, 0.25) is 5.91 Å². The molecule has 0 aromatic heterocycles. The average molecular weight is 423 g/mol. The number of hydrogen-bond acceptors (Lipinski definition) is 2. The van der Waals surface area contributed by atoms with Crippen molar-refractivity contribution in [3.63, 3.8) is 0 Å². The van der Waals surface area contributed by atoms with Crippen LogP contribution in [0.4, 0.5) is 5.69 Å². The molecule has 138 valence electrons. The van der Waals surface area contributed by atoms with Gasteiger partial charge in [-0.05, 0) is 46.9 Å². The highest BCUT2D eigenvalue weighted by Crippen LogP contribution is 2.26. The lowest BCUT2D eigenvalue weighted by Gasteiger charge is -2.19. The van der Waals surface area contributed by atoms with Gasteiger partial charge in [-0.15, -0.1) is 0 Å². The number of anilines is 1. The minimum absolute atomic E-state index is 0.104. The molecule has 4 heteroatoms. The Bertz CT molecular complexity index is 951. The Hall–Kier alpha value is -2.33. The monoisotopic (exact) mass is 422 g/mol. The van der Waals surface area contributed by atoms with Crippen molar-refractivity contribution in [3.05, 3.63) is 76.8 Å². The van der Waals surface area contributed by atoms with Gasteiger partial charge in [0.15, 0.2) is 0 Å². The van der Waals surface area contributed by atoms with Gasteiger partial charge < -0.3 is 10.2 Å². The molecule has 1 aliphatic heterocycles. The predicted molar refractivity (Wildman–Crippen MR) is 115 cm³/mol. The van der Waals surface area contributed by atoms with Gasteiger partial charge in [0, 0.05) is 29.8 Å². The molecular formula is C23H23BrN2O. The van der Waals surface area contributed by atoms with E-state index < -0.39 is 0 Å². The van der Waals surface area contributed by atoms with E-state index in [2.05, 4.69) is 62.5 Å². The first-order chi connectivity index (χ1) is 13.2. The second-order valence-electron chi connectivity index (χ2n) is 7.20. The molecule has 4 rings (SSSR count). The first kappa shape index (κ1) is 18.1. The fourth-order valence-corrected chi connectivity index (χ4v) is 4.23. The summed E-state index contributed by atoms with van der Waals surface area (Å²) in [6.07, 6.45) is 1.55. The van der Waals surface area contributed by atoms with Crippen LogP contribution in [0.5, 0.6) is 0 Å². The highest BCUT2D eigenvalue weighted by atomic mass is 79.9. The summed E-state index contributed by atoms with van der Waals surface area (Å²) in [5.41, 5.74) is 2.33. The number of carbonyl (C=O) groups is 1. The van der Waals surface area contributed by atoms with Crippen molar-refractivity contribution in [1.82, 2.24) is 5.32 Å². The van der Waals surface area contributed by atoms with Crippen molar-refractivity contribution >= 4 is 38.3 Å². The first-order valence-corrected chi connectivity index (χ1v) is 10.2. The third-order valence-corrected chi connectivity index (χ3v) is 5.77. The van der Waals surface area contributed by atoms with Gasteiger partial charge in [0.1, 0.15) is 0 Å². The molecule has 0 aliphatic carbocycles. The summed E-state index contributed by atoms with van der Waals surface area (Å²) in [7, 11) is 0. The topological polar surface area (TPSA) is 32.3 Å². The zero-order valence-corrected chi connectivity index (χ0v) is 16.8. The second-order valence-corrected chi connectivity index (χ2v) is 8.12. The maximum Gasteiger partial charge on any atom is 0.224 e. The van der Waals surface area contributed by atoms with Crippen LogP contribution < -0.4 is 10.2 Å². The molecule has 0 saturated carbocycles. The van der Waals surface area contributed by atoms with Crippen LogP contribution in [-0.4, -0.2) is 25.5 Å². The number of nitrogens with one attached hydrogen (secondary N) is 1. The summed E-state index contributed by atoms with van der Waals surface area (Å²) in [5, 5.41) is 5.49. The van der Waals surface area contributed by atoms with Crippen molar-refractivity contribution < 1.29 is 4.79 Å². The molecule has 1 atom stereocenters. The van der Waals surface area contributed by atoms with Crippen LogP contribution in [0.2, 0.25) is 0 Å². The van der Waals surface area contributed by atoms with Crippen molar-refractivity contribution in [2.75, 3.05) is 24.5 Å². The van der Waals surface area contributed by atoms with E-state index in [9.17, 15) is 4.79 Å². The SMILES string of the molecule is O=C(Cc1cccc2ccccc12)NCC1CCN(c2cccc(Br)c2)C1. The maximum absolute atomic E-state index is 12.5. The van der Waals surface area contributed by atoms with Gasteiger partial charge in [-0.2, -0.15) is 0 Å². The Morgan fingerprint density at radius 3 is 2.78 bits per heavy atom. The van der Waals surface area contributed by atoms with Crippen molar-refractivity contribution in [2.24, 2.45) is 5.92 Å². The van der Waals surface area contributed by atoms with E-state index in [1.54, 1.807) is 0 Å². The summed E-state index contributed by atoms with van der Waals surface area (Å²) in [6.45, 7) is 2.78. The summed E-state index contributed by atoms with van der Waals surface area (Å²) in [4.78, 5) is 14.9. The van der Waals surface area contributed by atoms with Crippen molar-refractivity contribution in [2.45, 2.75) is 12.8 Å². The predicted octanol–water partition coefficient (Wildman–Crippen LogP) is 4.79. The minimum atomic E-state index is 0.104. The number of carbonyl (C=O) groups excluding carboxylic acids is 1. The highest BCUT2D eigenvalue weighted by molar-refractivity contribution is 9.10. The molecule has 27 heavy (non-hydrogen) atoms. The van der Waals surface area contributed by atoms with Gasteiger partial charge in [0.05, 0.1) is 6.42 Å². The van der Waals surface area contributed by atoms with Crippen LogP contribution >= 0.6 is 15.9 Å². The number of hydrogen-bond donors (Lipinski definition) is 1. The van der Waals surface area contributed by atoms with Crippen molar-refractivity contribution in [1.29, 1.82) is 0 Å². The molecular weight excluding hydrogens is 400 g/mol. The summed E-state index contributed by atoms with van der Waals surface area (Å²) in [6, 6.07) is 22.8. The van der Waals surface area contributed by atoms with E-state index in [4.69, 9.17) is 0 Å². The lowest BCUT2D eigenvalue weighted by molar-refractivity contribution is -0.120. The van der Waals surface area contributed by atoms with E-state index in [-0.39, 0.29) is 5.91 Å². The van der Waals surface area contributed by atoms with Crippen LogP contribution in [-0.2, 0) is 11.2 Å². The van der Waals surface area contributed by atoms with Crippen LogP contribution in [0.1, 0.15) is 12.0 Å². The number of fused-ring (bicyclic) bond motifs is 1. The summed E-state index contributed by atoms with van der Waals surface area (Å²) in [5.74, 6) is 0.604. The molecule has 1 saturated heterocycles. The Labute approximate surface area is 168 Å². The lowest BCUT2D eigenvalue weighted by Crippen LogP contribution is -2.32. The molecule has 1 aliphatic rings. The number of halogens is 1. The molecule has 1 N–H and O–H groups in total. The maximum atomic E-state index is 12.5. The zero-order valence-electron chi connectivity index (χ0n) is 15.2. The van der Waals surface area contributed by atoms with Gasteiger partial charge in [-0.1, -0.05) is 64.5 Å². The second kappa shape index (κ2) is 8.13. The van der Waals surface area contributed by atoms with Crippen LogP contribution in [0.3, 0.4) is 0 Å². The Kier molecular flexibility index (Phi) is 5.44. The van der Waals surface area contributed by atoms with E-state index in [1.165, 1.54) is 11.1 Å². The van der Waals surface area contributed by atoms with E-state index in [0.29, 0.717) is 12.3 Å². The standard InChI is InChI=1S/C23H23BrN2O/c24-20-8-4-9-21(14-20)26-12-11-17(16-26)15-25-23(27)13-19-7-3-6-18-5-1-2-10-22(18)19/h1-10,14,17H,11-13,15-16H2,(H,25,27). The first-order valence-electron chi connectivity index (χ1n) is 9.43. The van der Waals surface area contributed by atoms with E-state index >= 15 is 0 Å². The number of rotatable bonds is 5. The lowest BCUT2D eigenvalue weighted by atomic mass is 10.0. The molecule has 3 nitrogen and oxygen atoms in total. The number of benzene rings is 3. The minimum Gasteiger partial charge on any atom is -0.371 e. The van der Waals surface area contributed by atoms with Crippen LogP contribution in [0.25, 0.3) is 10.8 Å². The largest absolute Gasteiger partial charge is 0.371 e. The molecule has 1 heterocycles. The number of amides is 1. The molecule has 1 fully saturated rings. The normalized spacial score (nSPS) is 16.6. The summed E-state index contributed by atoms with van der Waals surface area (Å²) < 4.78 is 1.10. The van der Waals surface area contributed by atoms with E-state index in [0.717, 1.165) is 41.5 Å². The van der Waals surface area contributed by atoms with E-state index in [1.807, 2.05) is 30.3 Å². The number of nitrogens with zero attached hydrogens (tertiary/aromatic N) is 1. The molecule has 0 radical (unpaired) electrons. The Balaban J connectivity index is 1.32. The third-order valence-electron chi connectivity index (χ3n) is 5.28. The average Bonchev–Trinajstić information content (AvgIpc) is 3.16. The third kappa shape index (κ3) is 4.33. The quantitative estimate of drug-likeness (QED) is 0.640. The molecule has 3 aromatic carbocycles. The molecule has 1 unspecified atom stereocenters. The Morgan fingerprint density at radius 1 is 1.07 bits per heavy atom. The fourth-order valence-electron chi connectivity index (χ4n) is 3.85. The molecule has 0 spiro atoms. The van der Waals surface area contributed by atoms with Crippen molar-refractivity contribution in [3.8, 4) is 0 Å². The van der Waals surface area contributed by atoms with Gasteiger partial charge in [-0.3, -0.25) is 4.79 Å². The summed E-state index contributed by atoms with van der Waals surface area (Å²) >= 11 is 3.54. The smallest absolute Gasteiger partial charge is 0.224 e. The van der Waals surface area contributed by atoms with Crippen LogP contribution in [0.15, 0.2) is 71.2 Å². The van der Waals surface area contributed by atoms with Gasteiger partial charge in [-0.25, -0.2) is 0 Å². The van der Waals surface area contributed by atoms with Crippen LogP contribution in [0, 0.1) is 5.92 Å². The zero-order chi connectivity index (χ0) is 18.6. The molecule has 3 aromatic rings. The highest BCUT2D eigenvalue weighted by Gasteiger charge is 2.23. The van der Waals surface area contributed by atoms with Gasteiger partial charge >= 0.3 is 0 Å².